The van der Waals surface area contributed by atoms with Crippen molar-refractivity contribution in [3.05, 3.63) is 59.7 Å². The van der Waals surface area contributed by atoms with Gasteiger partial charge in [-0.2, -0.15) is 5.26 Å². The van der Waals surface area contributed by atoms with Crippen LogP contribution in [0.25, 0.3) is 0 Å². The van der Waals surface area contributed by atoms with E-state index in [1.165, 1.54) is 0 Å². The van der Waals surface area contributed by atoms with Gasteiger partial charge in [-0.15, -0.1) is 0 Å². The number of hydrogen-bond donors (Lipinski definition) is 2. The van der Waals surface area contributed by atoms with Gasteiger partial charge < -0.3 is 15.4 Å². The maximum atomic E-state index is 12.3. The zero-order valence-electron chi connectivity index (χ0n) is 15.7. The van der Waals surface area contributed by atoms with Gasteiger partial charge in [-0.25, -0.2) is 0 Å². The molecule has 6 heteroatoms. The molecule has 0 spiro atoms. The van der Waals surface area contributed by atoms with Gasteiger partial charge in [0.15, 0.2) is 6.10 Å². The van der Waals surface area contributed by atoms with Crippen LogP contribution in [0.15, 0.2) is 48.5 Å². The molecule has 1 unspecified atom stereocenters. The number of nitriles is 1. The zero-order valence-corrected chi connectivity index (χ0v) is 15.7. The highest BCUT2D eigenvalue weighted by atomic mass is 16.5. The van der Waals surface area contributed by atoms with E-state index in [9.17, 15) is 9.59 Å². The molecule has 0 aliphatic heterocycles. The predicted molar refractivity (Wildman–Crippen MR) is 103 cm³/mol. The summed E-state index contributed by atoms with van der Waals surface area (Å²) < 4.78 is 5.59. The Labute approximate surface area is 159 Å². The summed E-state index contributed by atoms with van der Waals surface area (Å²) >= 11 is 0. The first-order valence-corrected chi connectivity index (χ1v) is 8.73. The Morgan fingerprint density at radius 3 is 2.22 bits per heavy atom. The largest absolute Gasteiger partial charge is 0.481 e. The number of ether oxygens (including phenoxy) is 1. The first-order chi connectivity index (χ1) is 12.9. The van der Waals surface area contributed by atoms with Crippen LogP contribution in [0.2, 0.25) is 0 Å². The van der Waals surface area contributed by atoms with Gasteiger partial charge in [-0.1, -0.05) is 12.1 Å². The molecule has 0 aliphatic rings. The summed E-state index contributed by atoms with van der Waals surface area (Å²) in [6.45, 7) is 5.48. The summed E-state index contributed by atoms with van der Waals surface area (Å²) in [5, 5.41) is 14.4. The van der Waals surface area contributed by atoms with Crippen LogP contribution in [-0.2, 0) is 16.0 Å². The quantitative estimate of drug-likeness (QED) is 0.789. The minimum absolute atomic E-state index is 0.0359. The number of nitrogens with zero attached hydrogens (tertiary/aromatic N) is 1. The SMILES string of the molecule is CC(C)NC(=O)Cc1ccc(NC(=O)C(C)Oc2ccc(C#N)cc2)cc1. The lowest BCUT2D eigenvalue weighted by atomic mass is 10.1. The van der Waals surface area contributed by atoms with Crippen molar-refractivity contribution in [3.63, 3.8) is 0 Å². The molecule has 2 amide bonds. The van der Waals surface area contributed by atoms with Crippen molar-refractivity contribution < 1.29 is 14.3 Å². The molecular weight excluding hydrogens is 342 g/mol. The molecule has 0 aliphatic carbocycles. The Hall–Kier alpha value is -3.33. The molecule has 0 heterocycles. The van der Waals surface area contributed by atoms with E-state index >= 15 is 0 Å². The maximum Gasteiger partial charge on any atom is 0.265 e. The van der Waals surface area contributed by atoms with Crippen molar-refractivity contribution in [2.45, 2.75) is 39.3 Å². The molecule has 0 saturated heterocycles. The van der Waals surface area contributed by atoms with Crippen molar-refractivity contribution in [1.82, 2.24) is 5.32 Å². The van der Waals surface area contributed by atoms with Crippen LogP contribution in [-0.4, -0.2) is 24.0 Å². The van der Waals surface area contributed by atoms with Crippen LogP contribution in [0.1, 0.15) is 31.9 Å². The predicted octanol–water partition coefficient (Wildman–Crippen LogP) is 3.03. The Bertz CT molecular complexity index is 821. The lowest BCUT2D eigenvalue weighted by Gasteiger charge is -2.15. The molecule has 27 heavy (non-hydrogen) atoms. The van der Waals surface area contributed by atoms with Gasteiger partial charge in [0.1, 0.15) is 5.75 Å². The van der Waals surface area contributed by atoms with E-state index in [1.54, 1.807) is 43.3 Å². The standard InChI is InChI=1S/C21H23N3O3/c1-14(2)23-20(25)12-16-4-8-18(9-5-16)24-21(26)15(3)27-19-10-6-17(13-22)7-11-19/h4-11,14-15H,12H2,1-3H3,(H,23,25)(H,24,26). The Morgan fingerprint density at radius 1 is 1.04 bits per heavy atom. The number of nitrogens with one attached hydrogen (secondary N) is 2. The third-order valence-corrected chi connectivity index (χ3v) is 3.70. The maximum absolute atomic E-state index is 12.3. The molecule has 2 aromatic rings. The smallest absolute Gasteiger partial charge is 0.265 e. The molecule has 0 bridgehead atoms. The van der Waals surface area contributed by atoms with E-state index in [1.807, 2.05) is 32.0 Å². The van der Waals surface area contributed by atoms with E-state index in [4.69, 9.17) is 10.00 Å². The van der Waals surface area contributed by atoms with Crippen LogP contribution in [0.5, 0.6) is 5.75 Å². The number of anilines is 1. The zero-order chi connectivity index (χ0) is 19.8. The van der Waals surface area contributed by atoms with E-state index in [2.05, 4.69) is 10.6 Å². The molecular formula is C21H23N3O3. The summed E-state index contributed by atoms with van der Waals surface area (Å²) in [6, 6.07) is 15.8. The molecule has 0 fully saturated rings. The van der Waals surface area contributed by atoms with Crippen LogP contribution in [0, 0.1) is 11.3 Å². The molecule has 0 aromatic heterocycles. The number of carbonyl (C=O) groups is 2. The molecule has 1 atom stereocenters. The van der Waals surface area contributed by atoms with Crippen molar-refractivity contribution >= 4 is 17.5 Å². The summed E-state index contributed by atoms with van der Waals surface area (Å²) in [5.41, 5.74) is 2.03. The molecule has 0 radical (unpaired) electrons. The molecule has 2 rings (SSSR count). The number of hydrogen-bond acceptors (Lipinski definition) is 4. The normalized spacial score (nSPS) is 11.4. The minimum atomic E-state index is -0.700. The highest BCUT2D eigenvalue weighted by Gasteiger charge is 2.15. The molecule has 140 valence electrons. The van der Waals surface area contributed by atoms with Gasteiger partial charge in [0.05, 0.1) is 18.1 Å². The third kappa shape index (κ3) is 6.48. The van der Waals surface area contributed by atoms with Gasteiger partial charge in [-0.05, 0) is 62.7 Å². The second kappa shape index (κ2) is 9.39. The number of rotatable bonds is 7. The van der Waals surface area contributed by atoms with Crippen molar-refractivity contribution in [2.75, 3.05) is 5.32 Å². The van der Waals surface area contributed by atoms with Gasteiger partial charge in [0, 0.05) is 11.7 Å². The second-order valence-corrected chi connectivity index (χ2v) is 6.48. The highest BCUT2D eigenvalue weighted by molar-refractivity contribution is 5.94. The average molecular weight is 365 g/mol. The van der Waals surface area contributed by atoms with E-state index in [-0.39, 0.29) is 17.9 Å². The van der Waals surface area contributed by atoms with E-state index in [0.29, 0.717) is 23.4 Å². The van der Waals surface area contributed by atoms with Crippen molar-refractivity contribution in [2.24, 2.45) is 0 Å². The minimum Gasteiger partial charge on any atom is -0.481 e. The first-order valence-electron chi connectivity index (χ1n) is 8.73. The van der Waals surface area contributed by atoms with Crippen molar-refractivity contribution in [3.8, 4) is 11.8 Å². The summed E-state index contributed by atoms with van der Waals surface area (Å²) in [4.78, 5) is 24.0. The van der Waals surface area contributed by atoms with Crippen molar-refractivity contribution in [1.29, 1.82) is 5.26 Å². The van der Waals surface area contributed by atoms with Crippen LogP contribution in [0.3, 0.4) is 0 Å². The fourth-order valence-corrected chi connectivity index (χ4v) is 2.37. The highest BCUT2D eigenvalue weighted by Crippen LogP contribution is 2.15. The fourth-order valence-electron chi connectivity index (χ4n) is 2.37. The second-order valence-electron chi connectivity index (χ2n) is 6.48. The number of benzene rings is 2. The third-order valence-electron chi connectivity index (χ3n) is 3.70. The van der Waals surface area contributed by atoms with E-state index < -0.39 is 6.10 Å². The van der Waals surface area contributed by atoms with Crippen LogP contribution >= 0.6 is 0 Å². The topological polar surface area (TPSA) is 91.2 Å². The van der Waals surface area contributed by atoms with Gasteiger partial charge in [0.25, 0.3) is 5.91 Å². The lowest BCUT2D eigenvalue weighted by molar-refractivity contribution is -0.122. The average Bonchev–Trinajstić information content (AvgIpc) is 2.63. The van der Waals surface area contributed by atoms with Gasteiger partial charge >= 0.3 is 0 Å². The number of amides is 2. The lowest BCUT2D eigenvalue weighted by Crippen LogP contribution is -2.31. The first kappa shape index (κ1) is 20.0. The summed E-state index contributed by atoms with van der Waals surface area (Å²) in [7, 11) is 0. The van der Waals surface area contributed by atoms with Crippen LogP contribution < -0.4 is 15.4 Å². The molecule has 2 aromatic carbocycles. The van der Waals surface area contributed by atoms with Gasteiger partial charge in [-0.3, -0.25) is 9.59 Å². The Kier molecular flexibility index (Phi) is 6.95. The molecule has 6 nitrogen and oxygen atoms in total. The Morgan fingerprint density at radius 2 is 1.67 bits per heavy atom. The molecule has 2 N–H and O–H groups in total. The fraction of sp³-hybridized carbons (Fsp3) is 0.286. The Balaban J connectivity index is 1.88. The van der Waals surface area contributed by atoms with E-state index in [0.717, 1.165) is 5.56 Å². The van der Waals surface area contributed by atoms with Gasteiger partial charge in [0.2, 0.25) is 5.91 Å². The number of carbonyl (C=O) groups excluding carboxylic acids is 2. The summed E-state index contributed by atoms with van der Waals surface area (Å²) in [5.74, 6) is 0.194. The monoisotopic (exact) mass is 365 g/mol. The summed E-state index contributed by atoms with van der Waals surface area (Å²) in [6.07, 6.45) is -0.403. The van der Waals surface area contributed by atoms with Crippen LogP contribution in [0.4, 0.5) is 5.69 Å². The molecule has 0 saturated carbocycles.